The first-order chi connectivity index (χ1) is 13.2. The SMILES string of the molecule is CON(C)C(=O)C[C@H](N)CO[Si](c1ccccc1)(c1ccccc1)C(C)(C)C. The number of rotatable bonds is 8. The van der Waals surface area contributed by atoms with Crippen molar-refractivity contribution in [2.75, 3.05) is 20.8 Å². The number of benzene rings is 2. The van der Waals surface area contributed by atoms with Crippen molar-refractivity contribution in [3.63, 3.8) is 0 Å². The second kappa shape index (κ2) is 9.47. The lowest BCUT2D eigenvalue weighted by Crippen LogP contribution is -2.67. The zero-order valence-electron chi connectivity index (χ0n) is 17.5. The average molecular weight is 401 g/mol. The Bertz CT molecular complexity index is 708. The van der Waals surface area contributed by atoms with Gasteiger partial charge < -0.3 is 10.2 Å². The summed E-state index contributed by atoms with van der Waals surface area (Å²) in [6.45, 7) is 6.95. The highest BCUT2D eigenvalue weighted by Crippen LogP contribution is 2.36. The lowest BCUT2D eigenvalue weighted by molar-refractivity contribution is -0.169. The molecule has 0 aliphatic heterocycles. The van der Waals surface area contributed by atoms with Crippen molar-refractivity contribution >= 4 is 24.6 Å². The topological polar surface area (TPSA) is 64.8 Å². The van der Waals surface area contributed by atoms with Crippen LogP contribution in [0.4, 0.5) is 0 Å². The summed E-state index contributed by atoms with van der Waals surface area (Å²) >= 11 is 0. The molecule has 28 heavy (non-hydrogen) atoms. The van der Waals surface area contributed by atoms with Crippen molar-refractivity contribution < 1.29 is 14.1 Å². The van der Waals surface area contributed by atoms with E-state index in [0.29, 0.717) is 6.61 Å². The van der Waals surface area contributed by atoms with Crippen LogP contribution in [-0.2, 0) is 14.1 Å². The van der Waals surface area contributed by atoms with Crippen LogP contribution in [0.5, 0.6) is 0 Å². The lowest BCUT2D eigenvalue weighted by Gasteiger charge is -2.43. The molecule has 0 fully saturated rings. The van der Waals surface area contributed by atoms with Gasteiger partial charge in [-0.25, -0.2) is 5.06 Å². The molecule has 152 valence electrons. The molecule has 2 aromatic carbocycles. The predicted molar refractivity (Wildman–Crippen MR) is 116 cm³/mol. The monoisotopic (exact) mass is 400 g/mol. The lowest BCUT2D eigenvalue weighted by atomic mass is 10.2. The van der Waals surface area contributed by atoms with Crippen molar-refractivity contribution in [1.82, 2.24) is 5.06 Å². The Morgan fingerprint density at radius 1 is 1.04 bits per heavy atom. The summed E-state index contributed by atoms with van der Waals surface area (Å²) < 4.78 is 6.74. The molecular formula is C22H32N2O3Si. The molecule has 0 aromatic heterocycles. The van der Waals surface area contributed by atoms with Gasteiger partial charge in [0.2, 0.25) is 5.91 Å². The first kappa shape index (κ1) is 22.3. The van der Waals surface area contributed by atoms with Crippen LogP contribution in [0.25, 0.3) is 0 Å². The van der Waals surface area contributed by atoms with Crippen LogP contribution in [-0.4, -0.2) is 46.1 Å². The molecule has 0 aliphatic carbocycles. The summed E-state index contributed by atoms with van der Waals surface area (Å²) in [5.74, 6) is -0.166. The van der Waals surface area contributed by atoms with Gasteiger partial charge in [-0.05, 0) is 15.4 Å². The normalized spacial score (nSPS) is 13.2. The third-order valence-electron chi connectivity index (χ3n) is 4.99. The highest BCUT2D eigenvalue weighted by Gasteiger charge is 2.50. The molecule has 1 amide bonds. The van der Waals surface area contributed by atoms with Crippen molar-refractivity contribution in [3.8, 4) is 0 Å². The van der Waals surface area contributed by atoms with Gasteiger partial charge in [0, 0.05) is 19.5 Å². The van der Waals surface area contributed by atoms with E-state index >= 15 is 0 Å². The molecule has 2 aromatic rings. The Morgan fingerprint density at radius 2 is 1.50 bits per heavy atom. The minimum atomic E-state index is -2.63. The van der Waals surface area contributed by atoms with Gasteiger partial charge in [0.25, 0.3) is 8.32 Å². The Hall–Kier alpha value is -1.99. The first-order valence-electron chi connectivity index (χ1n) is 9.53. The minimum absolute atomic E-state index is 0.122. The Balaban J connectivity index is 2.38. The van der Waals surface area contributed by atoms with E-state index in [4.69, 9.17) is 15.0 Å². The zero-order valence-corrected chi connectivity index (χ0v) is 18.5. The molecule has 0 bridgehead atoms. The van der Waals surface area contributed by atoms with Gasteiger partial charge in [-0.2, -0.15) is 0 Å². The Morgan fingerprint density at radius 3 is 1.89 bits per heavy atom. The van der Waals surface area contributed by atoms with Gasteiger partial charge in [0.15, 0.2) is 0 Å². The average Bonchev–Trinajstić information content (AvgIpc) is 2.68. The quantitative estimate of drug-likeness (QED) is 0.545. The number of hydroxylamine groups is 2. The first-order valence-corrected chi connectivity index (χ1v) is 11.4. The van der Waals surface area contributed by atoms with Gasteiger partial charge in [0.05, 0.1) is 13.7 Å². The van der Waals surface area contributed by atoms with E-state index in [-0.39, 0.29) is 17.4 Å². The number of hydrogen-bond acceptors (Lipinski definition) is 4. The molecule has 5 nitrogen and oxygen atoms in total. The molecule has 2 N–H and O–H groups in total. The summed E-state index contributed by atoms with van der Waals surface area (Å²) in [4.78, 5) is 17.1. The Labute approximate surface area is 169 Å². The summed E-state index contributed by atoms with van der Waals surface area (Å²) in [5.41, 5.74) is 6.27. The number of nitrogens with zero attached hydrogens (tertiary/aromatic N) is 1. The fourth-order valence-corrected chi connectivity index (χ4v) is 8.13. The fraction of sp³-hybridized carbons (Fsp3) is 0.409. The number of amides is 1. The third-order valence-corrected chi connectivity index (χ3v) is 10.00. The number of carbonyl (C=O) groups excluding carboxylic acids is 1. The zero-order chi connectivity index (χ0) is 20.8. The molecule has 6 heteroatoms. The van der Waals surface area contributed by atoms with Crippen LogP contribution in [0.2, 0.25) is 5.04 Å². The van der Waals surface area contributed by atoms with Crippen LogP contribution in [0, 0.1) is 0 Å². The number of nitrogens with two attached hydrogens (primary N) is 1. The van der Waals surface area contributed by atoms with E-state index in [0.717, 1.165) is 0 Å². The largest absolute Gasteiger partial charge is 0.406 e. The minimum Gasteiger partial charge on any atom is -0.406 e. The maximum atomic E-state index is 12.1. The van der Waals surface area contributed by atoms with Crippen LogP contribution in [0.3, 0.4) is 0 Å². The van der Waals surface area contributed by atoms with Crippen LogP contribution < -0.4 is 16.1 Å². The Kier molecular flexibility index (Phi) is 7.54. The van der Waals surface area contributed by atoms with Crippen molar-refractivity contribution in [2.45, 2.75) is 38.3 Å². The van der Waals surface area contributed by atoms with Crippen molar-refractivity contribution in [3.05, 3.63) is 60.7 Å². The summed E-state index contributed by atoms with van der Waals surface area (Å²) in [5, 5.41) is 3.47. The van der Waals surface area contributed by atoms with Gasteiger partial charge in [-0.3, -0.25) is 9.63 Å². The summed E-state index contributed by atoms with van der Waals surface area (Å²) in [6, 6.07) is 20.4. The second-order valence-corrected chi connectivity index (χ2v) is 12.3. The molecule has 1 atom stereocenters. The molecule has 0 heterocycles. The molecular weight excluding hydrogens is 368 g/mol. The molecule has 0 saturated heterocycles. The van der Waals surface area contributed by atoms with E-state index in [1.165, 1.54) is 22.5 Å². The molecule has 0 spiro atoms. The van der Waals surface area contributed by atoms with E-state index in [1.807, 2.05) is 36.4 Å². The van der Waals surface area contributed by atoms with Crippen LogP contribution in [0.1, 0.15) is 27.2 Å². The molecule has 2 rings (SSSR count). The van der Waals surface area contributed by atoms with Gasteiger partial charge in [-0.1, -0.05) is 81.4 Å². The summed E-state index contributed by atoms with van der Waals surface area (Å²) in [7, 11) is 0.407. The van der Waals surface area contributed by atoms with Crippen LogP contribution >= 0.6 is 0 Å². The number of carbonyl (C=O) groups is 1. The van der Waals surface area contributed by atoms with E-state index in [1.54, 1.807) is 7.05 Å². The second-order valence-electron chi connectivity index (χ2n) is 8.01. The third kappa shape index (κ3) is 4.88. The highest BCUT2D eigenvalue weighted by atomic mass is 28.4. The number of hydrogen-bond donors (Lipinski definition) is 1. The molecule has 0 radical (unpaired) electrons. The maximum Gasteiger partial charge on any atom is 0.261 e. The summed E-state index contributed by atoms with van der Waals surface area (Å²) in [6.07, 6.45) is 0.169. The molecule has 0 saturated carbocycles. The highest BCUT2D eigenvalue weighted by molar-refractivity contribution is 6.99. The van der Waals surface area contributed by atoms with E-state index < -0.39 is 14.4 Å². The van der Waals surface area contributed by atoms with Crippen molar-refractivity contribution in [2.24, 2.45) is 5.73 Å². The smallest absolute Gasteiger partial charge is 0.261 e. The van der Waals surface area contributed by atoms with Gasteiger partial charge in [0.1, 0.15) is 0 Å². The van der Waals surface area contributed by atoms with Gasteiger partial charge >= 0.3 is 0 Å². The predicted octanol–water partition coefficient (Wildman–Crippen LogP) is 2.30. The van der Waals surface area contributed by atoms with E-state index in [9.17, 15) is 4.79 Å². The van der Waals surface area contributed by atoms with Crippen LogP contribution in [0.15, 0.2) is 60.7 Å². The fourth-order valence-electron chi connectivity index (χ4n) is 3.51. The standard InChI is InChI=1S/C22H32N2O3Si/c1-22(2,3)28(19-12-8-6-9-13-19,20-14-10-7-11-15-20)27-17-18(23)16-21(25)24(4)26-5/h6-15,18H,16-17,23H2,1-5H3/t18-/m0/s1. The van der Waals surface area contributed by atoms with E-state index in [2.05, 4.69) is 45.0 Å². The van der Waals surface area contributed by atoms with Crippen molar-refractivity contribution in [1.29, 1.82) is 0 Å². The molecule has 0 aliphatic rings. The molecule has 0 unspecified atom stereocenters. The van der Waals surface area contributed by atoms with Gasteiger partial charge in [-0.15, -0.1) is 0 Å². The maximum absolute atomic E-state index is 12.1.